The minimum Gasteiger partial charge on any atom is -0.479 e. The number of likely N-dealkylation sites (N-methyl/N-ethyl adjacent to an activating group) is 1. The van der Waals surface area contributed by atoms with Crippen molar-refractivity contribution >= 4 is 23.2 Å². The van der Waals surface area contributed by atoms with E-state index < -0.39 is 18.2 Å². The van der Waals surface area contributed by atoms with Crippen LogP contribution in [0.1, 0.15) is 6.92 Å². The lowest BCUT2D eigenvalue weighted by Crippen LogP contribution is -2.42. The average molecular weight is 288 g/mol. The molecular formula is C12H11F3N2O3. The number of carbonyl (C=O) groups is 2. The summed E-state index contributed by atoms with van der Waals surface area (Å²) < 4.78 is 41.8. The van der Waals surface area contributed by atoms with E-state index in [1.807, 2.05) is 0 Å². The molecule has 0 saturated heterocycles. The SMILES string of the molecule is CC1Oc2ccc(NC(=O)C(F)(F)F)cc2N(C)C1=O. The van der Waals surface area contributed by atoms with Gasteiger partial charge in [-0.1, -0.05) is 0 Å². The number of nitrogens with one attached hydrogen (secondary N) is 1. The molecule has 5 nitrogen and oxygen atoms in total. The summed E-state index contributed by atoms with van der Waals surface area (Å²) >= 11 is 0. The Kier molecular flexibility index (Phi) is 3.33. The number of rotatable bonds is 1. The lowest BCUT2D eigenvalue weighted by Gasteiger charge is -2.30. The van der Waals surface area contributed by atoms with E-state index in [4.69, 9.17) is 4.74 Å². The van der Waals surface area contributed by atoms with Gasteiger partial charge in [0.1, 0.15) is 5.75 Å². The standard InChI is InChI=1S/C12H11F3N2O3/c1-6-10(18)17(2)8-5-7(3-4-9(8)20-6)16-11(19)12(13,14)15/h3-6H,1-2H3,(H,16,19). The predicted octanol–water partition coefficient (Wildman–Crippen LogP) is 1.93. The molecule has 0 spiro atoms. The molecule has 0 bridgehead atoms. The largest absolute Gasteiger partial charge is 0.479 e. The number of halogens is 3. The number of anilines is 2. The fourth-order valence-corrected chi connectivity index (χ4v) is 1.79. The number of ether oxygens (including phenoxy) is 1. The summed E-state index contributed by atoms with van der Waals surface area (Å²) in [4.78, 5) is 23.8. The van der Waals surface area contributed by atoms with Crippen molar-refractivity contribution in [3.63, 3.8) is 0 Å². The molecule has 1 N–H and O–H groups in total. The Morgan fingerprint density at radius 1 is 1.40 bits per heavy atom. The van der Waals surface area contributed by atoms with E-state index >= 15 is 0 Å². The zero-order valence-corrected chi connectivity index (χ0v) is 10.6. The van der Waals surface area contributed by atoms with Crippen molar-refractivity contribution in [2.24, 2.45) is 0 Å². The van der Waals surface area contributed by atoms with Crippen LogP contribution in [-0.4, -0.2) is 31.1 Å². The Labute approximate surface area is 112 Å². The van der Waals surface area contributed by atoms with Crippen molar-refractivity contribution in [1.82, 2.24) is 0 Å². The Hall–Kier alpha value is -2.25. The van der Waals surface area contributed by atoms with Crippen molar-refractivity contribution in [2.75, 3.05) is 17.3 Å². The smallest absolute Gasteiger partial charge is 0.471 e. The van der Waals surface area contributed by atoms with Gasteiger partial charge in [-0.05, 0) is 25.1 Å². The average Bonchev–Trinajstić information content (AvgIpc) is 2.36. The Morgan fingerprint density at radius 2 is 2.05 bits per heavy atom. The van der Waals surface area contributed by atoms with Crippen molar-refractivity contribution in [1.29, 1.82) is 0 Å². The van der Waals surface area contributed by atoms with Gasteiger partial charge >= 0.3 is 12.1 Å². The number of benzene rings is 1. The van der Waals surface area contributed by atoms with Gasteiger partial charge in [0.15, 0.2) is 6.10 Å². The van der Waals surface area contributed by atoms with Crippen molar-refractivity contribution in [3.05, 3.63) is 18.2 Å². The molecule has 108 valence electrons. The highest BCUT2D eigenvalue weighted by Crippen LogP contribution is 2.35. The Morgan fingerprint density at radius 3 is 2.65 bits per heavy atom. The minimum atomic E-state index is -4.97. The number of carbonyl (C=O) groups excluding carboxylic acids is 2. The second-order valence-corrected chi connectivity index (χ2v) is 4.29. The first-order chi connectivity index (χ1) is 9.20. The van der Waals surface area contributed by atoms with E-state index in [0.29, 0.717) is 11.4 Å². The monoisotopic (exact) mass is 288 g/mol. The Bertz CT molecular complexity index is 572. The first-order valence-electron chi connectivity index (χ1n) is 5.66. The van der Waals surface area contributed by atoms with E-state index in [0.717, 1.165) is 0 Å². The molecule has 0 saturated carbocycles. The van der Waals surface area contributed by atoms with Gasteiger partial charge in [0.05, 0.1) is 5.69 Å². The molecule has 1 atom stereocenters. The van der Waals surface area contributed by atoms with Crippen LogP contribution in [0.5, 0.6) is 5.75 Å². The maximum Gasteiger partial charge on any atom is 0.471 e. The number of fused-ring (bicyclic) bond motifs is 1. The highest BCUT2D eigenvalue weighted by Gasteiger charge is 2.39. The van der Waals surface area contributed by atoms with Gasteiger partial charge in [0.2, 0.25) is 0 Å². The zero-order chi connectivity index (χ0) is 15.1. The fourth-order valence-electron chi connectivity index (χ4n) is 1.79. The zero-order valence-electron chi connectivity index (χ0n) is 10.6. The van der Waals surface area contributed by atoms with E-state index in [2.05, 4.69) is 0 Å². The lowest BCUT2D eigenvalue weighted by atomic mass is 10.2. The molecule has 1 aliphatic heterocycles. The van der Waals surface area contributed by atoms with Gasteiger partial charge in [-0.25, -0.2) is 0 Å². The number of amides is 2. The third-order valence-corrected chi connectivity index (χ3v) is 2.82. The molecule has 0 aromatic heterocycles. The molecule has 1 aliphatic rings. The van der Waals surface area contributed by atoms with Gasteiger partial charge in [-0.2, -0.15) is 13.2 Å². The molecule has 0 radical (unpaired) electrons. The highest BCUT2D eigenvalue weighted by atomic mass is 19.4. The third kappa shape index (κ3) is 2.54. The van der Waals surface area contributed by atoms with Crippen LogP contribution < -0.4 is 15.0 Å². The highest BCUT2D eigenvalue weighted by molar-refractivity contribution is 6.01. The van der Waals surface area contributed by atoms with E-state index in [1.165, 1.54) is 30.1 Å². The second kappa shape index (κ2) is 4.69. The quantitative estimate of drug-likeness (QED) is 0.859. The topological polar surface area (TPSA) is 58.6 Å². The number of hydrogen-bond donors (Lipinski definition) is 1. The van der Waals surface area contributed by atoms with Crippen LogP contribution in [0.3, 0.4) is 0 Å². The number of alkyl halides is 3. The van der Waals surface area contributed by atoms with Crippen LogP contribution in [-0.2, 0) is 9.59 Å². The maximum atomic E-state index is 12.2. The van der Waals surface area contributed by atoms with Gasteiger partial charge < -0.3 is 15.0 Å². The molecular weight excluding hydrogens is 277 g/mol. The minimum absolute atomic E-state index is 0.0659. The molecule has 2 rings (SSSR count). The predicted molar refractivity (Wildman–Crippen MR) is 64.6 cm³/mol. The molecule has 0 fully saturated rings. The first-order valence-corrected chi connectivity index (χ1v) is 5.66. The van der Waals surface area contributed by atoms with E-state index in [9.17, 15) is 22.8 Å². The van der Waals surface area contributed by atoms with Crippen molar-refractivity contribution in [2.45, 2.75) is 19.2 Å². The summed E-state index contributed by atoms with van der Waals surface area (Å²) in [6.45, 7) is 1.57. The van der Waals surface area contributed by atoms with E-state index in [1.54, 1.807) is 12.2 Å². The van der Waals surface area contributed by atoms with Crippen LogP contribution in [0.2, 0.25) is 0 Å². The van der Waals surface area contributed by atoms with Gasteiger partial charge in [-0.3, -0.25) is 9.59 Å². The fraction of sp³-hybridized carbons (Fsp3) is 0.333. The van der Waals surface area contributed by atoms with Gasteiger partial charge in [0, 0.05) is 12.7 Å². The molecule has 1 aromatic rings. The van der Waals surface area contributed by atoms with Crippen LogP contribution in [0, 0.1) is 0 Å². The molecule has 2 amide bonds. The van der Waals surface area contributed by atoms with Crippen LogP contribution >= 0.6 is 0 Å². The van der Waals surface area contributed by atoms with Crippen LogP contribution in [0.15, 0.2) is 18.2 Å². The normalized spacial score (nSPS) is 18.4. The maximum absolute atomic E-state index is 12.2. The summed E-state index contributed by atoms with van der Waals surface area (Å²) in [7, 11) is 1.48. The summed E-state index contributed by atoms with van der Waals surface area (Å²) in [5, 5.41) is 1.72. The first kappa shape index (κ1) is 14.2. The summed E-state index contributed by atoms with van der Waals surface area (Å²) in [6, 6.07) is 3.93. The summed E-state index contributed by atoms with van der Waals surface area (Å²) in [6.07, 6.45) is -5.63. The number of nitrogens with zero attached hydrogens (tertiary/aromatic N) is 1. The van der Waals surface area contributed by atoms with Crippen LogP contribution in [0.4, 0.5) is 24.5 Å². The molecule has 20 heavy (non-hydrogen) atoms. The molecule has 1 unspecified atom stereocenters. The molecule has 1 aromatic carbocycles. The molecule has 1 heterocycles. The third-order valence-electron chi connectivity index (χ3n) is 2.82. The number of hydrogen-bond acceptors (Lipinski definition) is 3. The van der Waals surface area contributed by atoms with Crippen LogP contribution in [0.25, 0.3) is 0 Å². The Balaban J connectivity index is 2.29. The van der Waals surface area contributed by atoms with Crippen molar-refractivity contribution < 1.29 is 27.5 Å². The summed E-state index contributed by atoms with van der Waals surface area (Å²) in [5.74, 6) is -2.03. The molecule has 0 aliphatic carbocycles. The second-order valence-electron chi connectivity index (χ2n) is 4.29. The van der Waals surface area contributed by atoms with Gasteiger partial charge in [-0.15, -0.1) is 0 Å². The summed E-state index contributed by atoms with van der Waals surface area (Å²) in [5.41, 5.74) is 0.233. The van der Waals surface area contributed by atoms with Gasteiger partial charge in [0.25, 0.3) is 5.91 Å². The van der Waals surface area contributed by atoms with Crippen molar-refractivity contribution in [3.8, 4) is 5.75 Å². The lowest BCUT2D eigenvalue weighted by molar-refractivity contribution is -0.167. The van der Waals surface area contributed by atoms with E-state index in [-0.39, 0.29) is 11.6 Å². The molecule has 8 heteroatoms.